The molecule has 2 aliphatic carbocycles. The van der Waals surface area contributed by atoms with Gasteiger partial charge in [0, 0.05) is 34.6 Å². The maximum atomic E-state index is 12.5. The van der Waals surface area contributed by atoms with Gasteiger partial charge in [0.05, 0.1) is 0 Å². The van der Waals surface area contributed by atoms with Crippen molar-refractivity contribution in [3.63, 3.8) is 0 Å². The summed E-state index contributed by atoms with van der Waals surface area (Å²) in [6.07, 6.45) is 8.63. The summed E-state index contributed by atoms with van der Waals surface area (Å²) in [5, 5.41) is 3.11. The van der Waals surface area contributed by atoms with Crippen LogP contribution >= 0.6 is 11.8 Å². The molecule has 124 valence electrons. The molecule has 24 heavy (non-hydrogen) atoms. The first-order valence-electron chi connectivity index (χ1n) is 8.70. The molecule has 1 aromatic carbocycles. The monoisotopic (exact) mass is 338 g/mol. The summed E-state index contributed by atoms with van der Waals surface area (Å²) in [4.78, 5) is 17.8. The third kappa shape index (κ3) is 3.48. The van der Waals surface area contributed by atoms with E-state index in [0.29, 0.717) is 5.92 Å². The summed E-state index contributed by atoms with van der Waals surface area (Å²) < 4.78 is 0. The molecule has 3 atom stereocenters. The van der Waals surface area contributed by atoms with Gasteiger partial charge >= 0.3 is 0 Å². The number of nitrogens with one attached hydrogen (secondary N) is 1. The minimum absolute atomic E-state index is 0.220. The van der Waals surface area contributed by atoms with Crippen molar-refractivity contribution in [3.05, 3.63) is 54.4 Å². The van der Waals surface area contributed by atoms with Crippen LogP contribution in [-0.2, 0) is 10.5 Å². The van der Waals surface area contributed by atoms with E-state index in [1.54, 1.807) is 18.0 Å². The molecular weight excluding hydrogens is 316 g/mol. The highest BCUT2D eigenvalue weighted by Gasteiger charge is 2.42. The number of aromatic nitrogens is 1. The summed E-state index contributed by atoms with van der Waals surface area (Å²) in [5.74, 6) is 2.80. The number of hydrogen-bond donors (Lipinski definition) is 1. The number of rotatable bonds is 5. The Morgan fingerprint density at radius 1 is 1.17 bits per heavy atom. The van der Waals surface area contributed by atoms with E-state index in [-0.39, 0.29) is 11.8 Å². The summed E-state index contributed by atoms with van der Waals surface area (Å²) >= 11 is 1.78. The lowest BCUT2D eigenvalue weighted by atomic mass is 9.88. The number of thioether (sulfide) groups is 1. The molecule has 1 N–H and O–H groups in total. The van der Waals surface area contributed by atoms with Crippen LogP contribution in [0.2, 0.25) is 0 Å². The first kappa shape index (κ1) is 15.7. The molecule has 0 aliphatic heterocycles. The van der Waals surface area contributed by atoms with Gasteiger partial charge in [0.25, 0.3) is 0 Å². The first-order chi connectivity index (χ1) is 11.8. The Balaban J connectivity index is 1.31. The van der Waals surface area contributed by atoms with Gasteiger partial charge in [-0.3, -0.25) is 9.78 Å². The molecule has 3 unspecified atom stereocenters. The predicted octanol–water partition coefficient (Wildman–Crippen LogP) is 4.75. The molecule has 0 spiro atoms. The Labute approximate surface area is 147 Å². The van der Waals surface area contributed by atoms with Crippen molar-refractivity contribution in [2.24, 2.45) is 17.8 Å². The van der Waals surface area contributed by atoms with E-state index in [1.807, 2.05) is 24.4 Å². The van der Waals surface area contributed by atoms with Gasteiger partial charge in [-0.1, -0.05) is 12.5 Å². The van der Waals surface area contributed by atoms with Crippen molar-refractivity contribution < 1.29 is 4.79 Å². The van der Waals surface area contributed by atoms with E-state index in [0.717, 1.165) is 23.8 Å². The van der Waals surface area contributed by atoms with Gasteiger partial charge in [-0.15, -0.1) is 11.8 Å². The van der Waals surface area contributed by atoms with Crippen LogP contribution in [0.4, 0.5) is 5.69 Å². The first-order valence-corrected chi connectivity index (χ1v) is 9.69. The van der Waals surface area contributed by atoms with Gasteiger partial charge in [-0.05, 0) is 67.0 Å². The Morgan fingerprint density at radius 2 is 2.04 bits per heavy atom. The van der Waals surface area contributed by atoms with Crippen molar-refractivity contribution >= 4 is 23.4 Å². The number of benzene rings is 1. The quantitative estimate of drug-likeness (QED) is 0.800. The lowest BCUT2D eigenvalue weighted by molar-refractivity contribution is -0.121. The highest BCUT2D eigenvalue weighted by molar-refractivity contribution is 7.98. The van der Waals surface area contributed by atoms with E-state index >= 15 is 0 Å². The summed E-state index contributed by atoms with van der Waals surface area (Å²) in [5.41, 5.74) is 2.13. The standard InChI is InChI=1S/C20H22N2OS/c23-20(19-11-14-3-4-16(19)10-14)22-17-5-7-18(8-6-17)24-13-15-2-1-9-21-12-15/h1-2,5-9,12,14,16,19H,3-4,10-11,13H2,(H,22,23). The van der Waals surface area contributed by atoms with Crippen LogP contribution in [0, 0.1) is 17.8 Å². The van der Waals surface area contributed by atoms with Gasteiger partial charge in [0.15, 0.2) is 0 Å². The minimum atomic E-state index is 0.220. The lowest BCUT2D eigenvalue weighted by Crippen LogP contribution is -2.27. The molecule has 2 fully saturated rings. The molecule has 4 rings (SSSR count). The van der Waals surface area contributed by atoms with Crippen LogP contribution in [0.25, 0.3) is 0 Å². The molecule has 0 saturated heterocycles. The highest BCUT2D eigenvalue weighted by Crippen LogP contribution is 2.48. The Hall–Kier alpha value is -1.81. The molecule has 1 aromatic heterocycles. The number of pyridine rings is 1. The van der Waals surface area contributed by atoms with Gasteiger partial charge < -0.3 is 5.32 Å². The lowest BCUT2D eigenvalue weighted by Gasteiger charge is -2.20. The van der Waals surface area contributed by atoms with Crippen LogP contribution in [-0.4, -0.2) is 10.9 Å². The number of carbonyl (C=O) groups excluding carboxylic acids is 1. The van der Waals surface area contributed by atoms with Gasteiger partial charge in [0.2, 0.25) is 5.91 Å². The van der Waals surface area contributed by atoms with E-state index in [2.05, 4.69) is 28.5 Å². The van der Waals surface area contributed by atoms with E-state index in [4.69, 9.17) is 0 Å². The van der Waals surface area contributed by atoms with E-state index in [9.17, 15) is 4.79 Å². The number of fused-ring (bicyclic) bond motifs is 2. The number of carbonyl (C=O) groups is 1. The summed E-state index contributed by atoms with van der Waals surface area (Å²) in [6, 6.07) is 12.2. The van der Waals surface area contributed by atoms with Gasteiger partial charge in [0.1, 0.15) is 0 Å². The molecule has 2 saturated carbocycles. The average molecular weight is 338 g/mol. The van der Waals surface area contributed by atoms with Crippen molar-refractivity contribution in [2.75, 3.05) is 5.32 Å². The Morgan fingerprint density at radius 3 is 2.71 bits per heavy atom. The van der Waals surface area contributed by atoms with Crippen LogP contribution in [0.1, 0.15) is 31.2 Å². The second-order valence-corrected chi connectivity index (χ2v) is 7.99. The highest BCUT2D eigenvalue weighted by atomic mass is 32.2. The summed E-state index contributed by atoms with van der Waals surface area (Å²) in [7, 11) is 0. The van der Waals surface area contributed by atoms with E-state index < -0.39 is 0 Å². The molecule has 2 aliphatic rings. The third-order valence-electron chi connectivity index (χ3n) is 5.33. The van der Waals surface area contributed by atoms with Crippen LogP contribution < -0.4 is 5.32 Å². The molecular formula is C20H22N2OS. The molecule has 2 aromatic rings. The second kappa shape index (κ2) is 6.98. The Bertz CT molecular complexity index is 701. The summed E-state index contributed by atoms with van der Waals surface area (Å²) in [6.45, 7) is 0. The molecule has 3 nitrogen and oxygen atoms in total. The topological polar surface area (TPSA) is 42.0 Å². The maximum Gasteiger partial charge on any atom is 0.227 e. The molecule has 2 bridgehead atoms. The maximum absolute atomic E-state index is 12.5. The van der Waals surface area contributed by atoms with Crippen molar-refractivity contribution in [2.45, 2.75) is 36.3 Å². The molecule has 4 heteroatoms. The van der Waals surface area contributed by atoms with Crippen LogP contribution in [0.5, 0.6) is 0 Å². The van der Waals surface area contributed by atoms with Crippen molar-refractivity contribution in [1.29, 1.82) is 0 Å². The van der Waals surface area contributed by atoms with Crippen molar-refractivity contribution in [1.82, 2.24) is 4.98 Å². The van der Waals surface area contributed by atoms with Gasteiger partial charge in [-0.25, -0.2) is 0 Å². The second-order valence-electron chi connectivity index (χ2n) is 6.94. The van der Waals surface area contributed by atoms with Crippen LogP contribution in [0.3, 0.4) is 0 Å². The number of nitrogens with zero attached hydrogens (tertiary/aromatic N) is 1. The number of anilines is 1. The zero-order chi connectivity index (χ0) is 16.4. The van der Waals surface area contributed by atoms with Crippen LogP contribution in [0.15, 0.2) is 53.7 Å². The average Bonchev–Trinajstić information content (AvgIpc) is 3.25. The number of amides is 1. The van der Waals surface area contributed by atoms with E-state index in [1.165, 1.54) is 29.7 Å². The SMILES string of the molecule is O=C(Nc1ccc(SCc2cccnc2)cc1)C1CC2CCC1C2. The largest absolute Gasteiger partial charge is 0.326 e. The third-order valence-corrected chi connectivity index (χ3v) is 6.41. The minimum Gasteiger partial charge on any atom is -0.326 e. The molecule has 1 amide bonds. The van der Waals surface area contributed by atoms with Crippen molar-refractivity contribution in [3.8, 4) is 0 Å². The molecule has 1 heterocycles. The fourth-order valence-corrected chi connectivity index (χ4v) is 4.92. The Kier molecular flexibility index (Phi) is 4.56. The zero-order valence-electron chi connectivity index (χ0n) is 13.7. The fraction of sp³-hybridized carbons (Fsp3) is 0.400. The number of hydrogen-bond acceptors (Lipinski definition) is 3. The zero-order valence-corrected chi connectivity index (χ0v) is 14.5. The normalized spacial score (nSPS) is 24.9. The van der Waals surface area contributed by atoms with Gasteiger partial charge in [-0.2, -0.15) is 0 Å². The fourth-order valence-electron chi connectivity index (χ4n) is 4.09. The smallest absolute Gasteiger partial charge is 0.227 e. The predicted molar refractivity (Wildman–Crippen MR) is 97.8 cm³/mol. The molecule has 0 radical (unpaired) electrons.